The number of phenols is 2. The fourth-order valence-corrected chi connectivity index (χ4v) is 2.67. The molecule has 0 bridgehead atoms. The van der Waals surface area contributed by atoms with Gasteiger partial charge in [-0.15, -0.1) is 0 Å². The molecule has 116 valence electrons. The lowest BCUT2D eigenvalue weighted by Gasteiger charge is -2.21. The first-order valence-electron chi connectivity index (χ1n) is 7.43. The first kappa shape index (κ1) is 15.6. The van der Waals surface area contributed by atoms with Crippen LogP contribution in [0.25, 0.3) is 0 Å². The number of fused-ring (bicyclic) bond motifs is 1. The van der Waals surface area contributed by atoms with Crippen molar-refractivity contribution < 1.29 is 24.9 Å². The average Bonchev–Trinajstić information content (AvgIpc) is 2.40. The maximum Gasteiger partial charge on any atom is 0.342 e. The third kappa shape index (κ3) is 3.88. The summed E-state index contributed by atoms with van der Waals surface area (Å²) < 4.78 is 5.25. The first-order valence-corrected chi connectivity index (χ1v) is 7.43. The Balaban J connectivity index is 2.33. The summed E-state index contributed by atoms with van der Waals surface area (Å²) in [5.74, 6) is -1.01. The van der Waals surface area contributed by atoms with Gasteiger partial charge in [0.1, 0.15) is 23.2 Å². The van der Waals surface area contributed by atoms with Crippen LogP contribution in [0.1, 0.15) is 54.9 Å². The molecule has 1 aromatic carbocycles. The number of aliphatic hydroxyl groups excluding tert-OH is 1. The van der Waals surface area contributed by atoms with Gasteiger partial charge in [0.25, 0.3) is 0 Å². The van der Waals surface area contributed by atoms with Crippen molar-refractivity contribution in [1.82, 2.24) is 0 Å². The van der Waals surface area contributed by atoms with E-state index >= 15 is 0 Å². The number of hydrogen-bond donors (Lipinski definition) is 3. The molecule has 2 atom stereocenters. The Morgan fingerprint density at radius 2 is 1.86 bits per heavy atom. The molecular weight excluding hydrogens is 272 g/mol. The van der Waals surface area contributed by atoms with Crippen LogP contribution in [0.5, 0.6) is 11.5 Å². The van der Waals surface area contributed by atoms with E-state index in [-0.39, 0.29) is 17.1 Å². The van der Waals surface area contributed by atoms with Gasteiger partial charge in [0.15, 0.2) is 0 Å². The smallest absolute Gasteiger partial charge is 0.342 e. The van der Waals surface area contributed by atoms with Gasteiger partial charge in [0.05, 0.1) is 6.10 Å². The molecule has 1 aliphatic heterocycles. The van der Waals surface area contributed by atoms with Gasteiger partial charge in [0, 0.05) is 6.07 Å². The molecule has 0 saturated heterocycles. The third-order valence-corrected chi connectivity index (χ3v) is 3.92. The molecule has 0 radical (unpaired) electrons. The molecule has 5 nitrogen and oxygen atoms in total. The molecule has 0 fully saturated rings. The van der Waals surface area contributed by atoms with Crippen molar-refractivity contribution in [3.05, 3.63) is 23.3 Å². The van der Waals surface area contributed by atoms with Crippen molar-refractivity contribution >= 4 is 5.97 Å². The van der Waals surface area contributed by atoms with E-state index in [2.05, 4.69) is 0 Å². The number of carbonyl (C=O) groups is 1. The first-order chi connectivity index (χ1) is 9.99. The highest BCUT2D eigenvalue weighted by molar-refractivity contribution is 5.94. The molecule has 1 aliphatic rings. The monoisotopic (exact) mass is 294 g/mol. The molecule has 2 rings (SSSR count). The topological polar surface area (TPSA) is 87.0 Å². The Labute approximate surface area is 124 Å². The van der Waals surface area contributed by atoms with Crippen LogP contribution in [-0.2, 0) is 11.2 Å². The molecule has 1 aromatic rings. The van der Waals surface area contributed by atoms with Gasteiger partial charge >= 0.3 is 5.97 Å². The molecule has 3 N–H and O–H groups in total. The number of aryl methyl sites for hydroxylation is 1. The third-order valence-electron chi connectivity index (χ3n) is 3.92. The number of aromatic hydroxyl groups is 2. The molecular formula is C16H22O5. The second-order valence-electron chi connectivity index (χ2n) is 5.63. The van der Waals surface area contributed by atoms with E-state index in [1.807, 2.05) is 0 Å². The normalized spacial score (nSPS) is 24.4. The van der Waals surface area contributed by atoms with E-state index in [4.69, 9.17) is 4.74 Å². The predicted molar refractivity (Wildman–Crippen MR) is 77.4 cm³/mol. The quantitative estimate of drug-likeness (QED) is 0.640. The number of carbonyl (C=O) groups excluding carboxylic acids is 1. The van der Waals surface area contributed by atoms with Crippen molar-refractivity contribution in [1.29, 1.82) is 0 Å². The average molecular weight is 294 g/mol. The summed E-state index contributed by atoms with van der Waals surface area (Å²) in [6, 6.07) is 2.62. The lowest BCUT2D eigenvalue weighted by atomic mass is 9.97. The number of benzene rings is 1. The predicted octanol–water partition coefficient (Wildman–Crippen LogP) is 2.51. The highest BCUT2D eigenvalue weighted by Crippen LogP contribution is 2.30. The summed E-state index contributed by atoms with van der Waals surface area (Å²) in [6.07, 6.45) is 3.60. The molecule has 0 amide bonds. The minimum absolute atomic E-state index is 0.0702. The Bertz CT molecular complexity index is 512. The van der Waals surface area contributed by atoms with Crippen molar-refractivity contribution in [2.24, 2.45) is 0 Å². The van der Waals surface area contributed by atoms with E-state index in [1.54, 1.807) is 6.92 Å². The Morgan fingerprint density at radius 3 is 2.62 bits per heavy atom. The summed E-state index contributed by atoms with van der Waals surface area (Å²) in [5.41, 5.74) is 0.673. The molecule has 21 heavy (non-hydrogen) atoms. The minimum Gasteiger partial charge on any atom is -0.508 e. The number of ether oxygens (including phenoxy) is 1. The standard InChI is InChI=1S/C16H22O5/c1-10-13(18)7-5-3-2-4-6-11-8-12(17)9-14(19)15(11)16(20)21-10/h8-10,13,17-19H,2-7H2,1H3/t10-,13-/m1/s1. The van der Waals surface area contributed by atoms with Crippen LogP contribution >= 0.6 is 0 Å². The number of rotatable bonds is 0. The largest absolute Gasteiger partial charge is 0.508 e. The van der Waals surface area contributed by atoms with Gasteiger partial charge in [-0.05, 0) is 37.8 Å². The number of aliphatic hydroxyl groups is 1. The Hall–Kier alpha value is -1.75. The molecule has 1 heterocycles. The van der Waals surface area contributed by atoms with Crippen LogP contribution in [0.4, 0.5) is 0 Å². The molecule has 0 aromatic heterocycles. The molecule has 0 aliphatic carbocycles. The number of hydrogen-bond acceptors (Lipinski definition) is 5. The Morgan fingerprint density at radius 1 is 1.14 bits per heavy atom. The molecule has 0 spiro atoms. The maximum absolute atomic E-state index is 12.2. The van der Waals surface area contributed by atoms with Gasteiger partial charge in [0.2, 0.25) is 0 Å². The van der Waals surface area contributed by atoms with E-state index in [0.29, 0.717) is 18.4 Å². The van der Waals surface area contributed by atoms with Crippen LogP contribution in [0.2, 0.25) is 0 Å². The van der Waals surface area contributed by atoms with Crippen LogP contribution in [0, 0.1) is 0 Å². The number of phenolic OH excluding ortho intramolecular Hbond substituents is 2. The summed E-state index contributed by atoms with van der Waals surface area (Å²) in [4.78, 5) is 12.2. The van der Waals surface area contributed by atoms with Gasteiger partial charge in [-0.1, -0.05) is 19.3 Å². The van der Waals surface area contributed by atoms with E-state index in [1.165, 1.54) is 6.07 Å². The summed E-state index contributed by atoms with van der Waals surface area (Å²) in [7, 11) is 0. The van der Waals surface area contributed by atoms with Gasteiger partial charge in [-0.25, -0.2) is 4.79 Å². The summed E-state index contributed by atoms with van der Waals surface area (Å²) in [6.45, 7) is 1.64. The van der Waals surface area contributed by atoms with Crippen LogP contribution < -0.4 is 0 Å². The van der Waals surface area contributed by atoms with Crippen LogP contribution in [0.3, 0.4) is 0 Å². The zero-order valence-corrected chi connectivity index (χ0v) is 12.2. The highest BCUT2D eigenvalue weighted by atomic mass is 16.6. The summed E-state index contributed by atoms with van der Waals surface area (Å²) >= 11 is 0. The van der Waals surface area contributed by atoms with Crippen molar-refractivity contribution in [3.8, 4) is 11.5 Å². The number of esters is 1. The van der Waals surface area contributed by atoms with E-state index in [0.717, 1.165) is 31.7 Å². The van der Waals surface area contributed by atoms with Gasteiger partial charge < -0.3 is 20.1 Å². The van der Waals surface area contributed by atoms with Crippen molar-refractivity contribution in [2.45, 2.75) is 57.7 Å². The fourth-order valence-electron chi connectivity index (χ4n) is 2.67. The molecule has 0 saturated carbocycles. The van der Waals surface area contributed by atoms with E-state index < -0.39 is 18.2 Å². The van der Waals surface area contributed by atoms with Crippen LogP contribution in [-0.4, -0.2) is 33.5 Å². The second-order valence-corrected chi connectivity index (χ2v) is 5.63. The van der Waals surface area contributed by atoms with Gasteiger partial charge in [-0.3, -0.25) is 0 Å². The molecule has 0 unspecified atom stereocenters. The van der Waals surface area contributed by atoms with E-state index in [9.17, 15) is 20.1 Å². The zero-order chi connectivity index (χ0) is 15.4. The maximum atomic E-state index is 12.2. The van der Waals surface area contributed by atoms with Gasteiger partial charge in [-0.2, -0.15) is 0 Å². The Kier molecular flexibility index (Phi) is 5.07. The lowest BCUT2D eigenvalue weighted by Crippen LogP contribution is -2.29. The highest BCUT2D eigenvalue weighted by Gasteiger charge is 2.24. The van der Waals surface area contributed by atoms with Crippen LogP contribution in [0.15, 0.2) is 12.1 Å². The summed E-state index contributed by atoms with van der Waals surface area (Å²) in [5, 5.41) is 29.5. The van der Waals surface area contributed by atoms with Crippen molar-refractivity contribution in [2.75, 3.05) is 0 Å². The zero-order valence-electron chi connectivity index (χ0n) is 12.2. The number of cyclic esters (lactones) is 1. The van der Waals surface area contributed by atoms with Crippen molar-refractivity contribution in [3.63, 3.8) is 0 Å². The second kappa shape index (κ2) is 6.80. The molecule has 5 heteroatoms. The fraction of sp³-hybridized carbons (Fsp3) is 0.562. The lowest BCUT2D eigenvalue weighted by molar-refractivity contribution is -0.0144. The SMILES string of the molecule is C[C@H]1OC(=O)c2c(O)cc(O)cc2CCCCCC[C@H]1O. The minimum atomic E-state index is -0.698.